The first kappa shape index (κ1) is 19.2. The smallest absolute Gasteiger partial charge is 0.247 e. The van der Waals surface area contributed by atoms with Gasteiger partial charge in [-0.15, -0.1) is 0 Å². The number of hydrogen-bond donors (Lipinski definition) is 0. The molecule has 7 nitrogen and oxygen atoms in total. The van der Waals surface area contributed by atoms with Crippen LogP contribution < -0.4 is 4.74 Å². The van der Waals surface area contributed by atoms with Crippen molar-refractivity contribution in [1.29, 1.82) is 0 Å². The third-order valence-corrected chi connectivity index (χ3v) is 7.16. The first-order valence-electron chi connectivity index (χ1n) is 7.42. The number of rotatable bonds is 4. The molecule has 24 heavy (non-hydrogen) atoms. The molecule has 0 spiro atoms. The maximum absolute atomic E-state index is 13.2. The van der Waals surface area contributed by atoms with E-state index in [0.29, 0.717) is 0 Å². The van der Waals surface area contributed by atoms with Crippen molar-refractivity contribution in [3.8, 4) is 5.75 Å². The summed E-state index contributed by atoms with van der Waals surface area (Å²) >= 11 is 0. The van der Waals surface area contributed by atoms with E-state index in [4.69, 9.17) is 9.47 Å². The van der Waals surface area contributed by atoms with Gasteiger partial charge in [0, 0.05) is 12.8 Å². The van der Waals surface area contributed by atoms with Crippen LogP contribution in [0.2, 0.25) is 0 Å². The zero-order valence-electron chi connectivity index (χ0n) is 14.4. The van der Waals surface area contributed by atoms with Crippen LogP contribution in [-0.2, 0) is 24.6 Å². The highest BCUT2D eigenvalue weighted by Gasteiger charge is 2.43. The Morgan fingerprint density at radius 2 is 1.88 bits per heavy atom. The van der Waals surface area contributed by atoms with Gasteiger partial charge in [0.15, 0.2) is 9.84 Å². The fraction of sp³-hybridized carbons (Fsp3) is 0.600. The van der Waals surface area contributed by atoms with E-state index in [9.17, 15) is 16.8 Å². The number of sulfone groups is 1. The Labute approximate surface area is 143 Å². The van der Waals surface area contributed by atoms with Crippen molar-refractivity contribution >= 4 is 19.9 Å². The second-order valence-corrected chi connectivity index (χ2v) is 10.4. The van der Waals surface area contributed by atoms with Gasteiger partial charge in [-0.05, 0) is 39.0 Å². The van der Waals surface area contributed by atoms with Crippen molar-refractivity contribution in [2.75, 3.05) is 26.5 Å². The molecule has 1 aliphatic heterocycles. The van der Waals surface area contributed by atoms with E-state index < -0.39 is 25.4 Å². The summed E-state index contributed by atoms with van der Waals surface area (Å²) in [6, 6.07) is 3.85. The van der Waals surface area contributed by atoms with Gasteiger partial charge in [0.05, 0.1) is 30.3 Å². The number of morpholine rings is 1. The standard InChI is InChI=1S/C15H23NO6S2/c1-11-9-16(15(2,3)10-22-11)24(19,20)14-8-12(23(5,17)18)6-7-13(14)21-4/h6-8,11H,9-10H2,1-5H3. The molecule has 1 heterocycles. The monoisotopic (exact) mass is 377 g/mol. The van der Waals surface area contributed by atoms with Crippen LogP contribution in [0.1, 0.15) is 20.8 Å². The van der Waals surface area contributed by atoms with Crippen LogP contribution in [-0.4, -0.2) is 59.3 Å². The lowest BCUT2D eigenvalue weighted by molar-refractivity contribution is -0.0551. The first-order chi connectivity index (χ1) is 10.9. The highest BCUT2D eigenvalue weighted by molar-refractivity contribution is 7.91. The molecule has 136 valence electrons. The molecule has 1 atom stereocenters. The SMILES string of the molecule is COc1ccc(S(C)(=O)=O)cc1S(=O)(=O)N1CC(C)OCC1(C)C. The van der Waals surface area contributed by atoms with E-state index in [0.717, 1.165) is 12.3 Å². The van der Waals surface area contributed by atoms with Crippen molar-refractivity contribution in [3.63, 3.8) is 0 Å². The van der Waals surface area contributed by atoms with Gasteiger partial charge in [0.2, 0.25) is 10.0 Å². The quantitative estimate of drug-likeness (QED) is 0.785. The fourth-order valence-electron chi connectivity index (χ4n) is 2.58. The molecule has 1 aromatic rings. The Bertz CT molecular complexity index is 830. The molecule has 1 fully saturated rings. The van der Waals surface area contributed by atoms with E-state index in [2.05, 4.69) is 0 Å². The van der Waals surface area contributed by atoms with Gasteiger partial charge in [-0.25, -0.2) is 16.8 Å². The van der Waals surface area contributed by atoms with Crippen LogP contribution in [0.5, 0.6) is 5.75 Å². The maximum atomic E-state index is 13.2. The van der Waals surface area contributed by atoms with Crippen LogP contribution in [0.3, 0.4) is 0 Å². The summed E-state index contributed by atoms with van der Waals surface area (Å²) in [6.45, 7) is 5.76. The second kappa shape index (κ2) is 6.29. The largest absolute Gasteiger partial charge is 0.495 e. The number of benzene rings is 1. The number of nitrogens with zero attached hydrogens (tertiary/aromatic N) is 1. The summed E-state index contributed by atoms with van der Waals surface area (Å²) in [6.07, 6.45) is 0.781. The molecule has 0 amide bonds. The Morgan fingerprint density at radius 1 is 1.25 bits per heavy atom. The van der Waals surface area contributed by atoms with E-state index >= 15 is 0 Å². The summed E-state index contributed by atoms with van der Waals surface area (Å²) in [5.41, 5.74) is -0.753. The van der Waals surface area contributed by atoms with Crippen LogP contribution >= 0.6 is 0 Å². The molecule has 0 N–H and O–H groups in total. The van der Waals surface area contributed by atoms with Crippen LogP contribution in [0.4, 0.5) is 0 Å². The lowest BCUT2D eigenvalue weighted by atomic mass is 10.1. The summed E-state index contributed by atoms with van der Waals surface area (Å²) in [7, 11) is -6.16. The summed E-state index contributed by atoms with van der Waals surface area (Å²) in [5.74, 6) is 0.109. The molecule has 0 saturated carbocycles. The summed E-state index contributed by atoms with van der Waals surface area (Å²) in [4.78, 5) is -0.226. The molecular weight excluding hydrogens is 354 g/mol. The van der Waals surface area contributed by atoms with Gasteiger partial charge in [-0.3, -0.25) is 0 Å². The maximum Gasteiger partial charge on any atom is 0.247 e. The lowest BCUT2D eigenvalue weighted by Crippen LogP contribution is -2.57. The lowest BCUT2D eigenvalue weighted by Gasteiger charge is -2.43. The van der Waals surface area contributed by atoms with Crippen LogP contribution in [0.25, 0.3) is 0 Å². The van der Waals surface area contributed by atoms with Gasteiger partial charge in [0.25, 0.3) is 0 Å². The normalized spacial score (nSPS) is 22.3. The molecule has 1 unspecified atom stereocenters. The molecule has 1 aliphatic rings. The zero-order valence-corrected chi connectivity index (χ0v) is 16.1. The Morgan fingerprint density at radius 3 is 2.42 bits per heavy atom. The fourth-order valence-corrected chi connectivity index (χ4v) is 5.33. The molecular formula is C15H23NO6S2. The molecule has 2 rings (SSSR count). The minimum Gasteiger partial charge on any atom is -0.495 e. The van der Waals surface area contributed by atoms with Crippen LogP contribution in [0.15, 0.2) is 28.0 Å². The number of ether oxygens (including phenoxy) is 2. The average Bonchev–Trinajstić information content (AvgIpc) is 2.48. The van der Waals surface area contributed by atoms with Crippen molar-refractivity contribution < 1.29 is 26.3 Å². The number of methoxy groups -OCH3 is 1. The summed E-state index contributed by atoms with van der Waals surface area (Å²) in [5, 5.41) is 0. The van der Waals surface area contributed by atoms with Gasteiger partial charge in [0.1, 0.15) is 10.6 Å². The van der Waals surface area contributed by atoms with Gasteiger partial charge < -0.3 is 9.47 Å². The highest BCUT2D eigenvalue weighted by atomic mass is 32.2. The number of hydrogen-bond acceptors (Lipinski definition) is 6. The molecule has 9 heteroatoms. The molecule has 0 bridgehead atoms. The van der Waals surface area contributed by atoms with Gasteiger partial charge >= 0.3 is 0 Å². The summed E-state index contributed by atoms with van der Waals surface area (Å²) < 4.78 is 62.1. The average molecular weight is 377 g/mol. The predicted molar refractivity (Wildman–Crippen MR) is 89.5 cm³/mol. The van der Waals surface area contributed by atoms with Gasteiger partial charge in [-0.1, -0.05) is 0 Å². The molecule has 0 radical (unpaired) electrons. The Hall–Kier alpha value is -1.16. The van der Waals surface area contributed by atoms with Crippen molar-refractivity contribution in [3.05, 3.63) is 18.2 Å². The minimum absolute atomic E-state index is 0.0685. The zero-order chi connectivity index (χ0) is 18.3. The van der Waals surface area contributed by atoms with E-state index in [1.54, 1.807) is 20.8 Å². The van der Waals surface area contributed by atoms with Crippen molar-refractivity contribution in [2.45, 2.75) is 42.2 Å². The van der Waals surface area contributed by atoms with E-state index in [-0.39, 0.29) is 34.8 Å². The van der Waals surface area contributed by atoms with Crippen molar-refractivity contribution in [1.82, 2.24) is 4.31 Å². The third kappa shape index (κ3) is 3.58. The minimum atomic E-state index is -3.96. The molecule has 1 aromatic carbocycles. The predicted octanol–water partition coefficient (Wildman–Crippen LogP) is 1.29. The number of sulfonamides is 1. The Kier molecular flexibility index (Phi) is 5.02. The van der Waals surface area contributed by atoms with E-state index in [1.165, 1.54) is 23.5 Å². The topological polar surface area (TPSA) is 90.0 Å². The molecule has 1 saturated heterocycles. The van der Waals surface area contributed by atoms with Crippen LogP contribution in [0, 0.1) is 0 Å². The third-order valence-electron chi connectivity index (χ3n) is 3.95. The van der Waals surface area contributed by atoms with Gasteiger partial charge in [-0.2, -0.15) is 4.31 Å². The second-order valence-electron chi connectivity index (χ2n) is 6.56. The highest BCUT2D eigenvalue weighted by Crippen LogP contribution is 2.34. The molecule has 0 aliphatic carbocycles. The molecule has 0 aromatic heterocycles. The first-order valence-corrected chi connectivity index (χ1v) is 10.8. The van der Waals surface area contributed by atoms with E-state index in [1.807, 2.05) is 0 Å². The Balaban J connectivity index is 2.63. The van der Waals surface area contributed by atoms with Crippen molar-refractivity contribution in [2.24, 2.45) is 0 Å².